The van der Waals surface area contributed by atoms with Gasteiger partial charge in [-0.3, -0.25) is 4.79 Å². The highest BCUT2D eigenvalue weighted by Gasteiger charge is 2.08. The van der Waals surface area contributed by atoms with Crippen LogP contribution in [0.25, 0.3) is 0 Å². The molecule has 0 heterocycles. The van der Waals surface area contributed by atoms with Crippen molar-refractivity contribution in [2.75, 3.05) is 19.0 Å². The van der Waals surface area contributed by atoms with Gasteiger partial charge in [-0.05, 0) is 25.0 Å². The Bertz CT molecular complexity index is 410. The van der Waals surface area contributed by atoms with Crippen LogP contribution < -0.4 is 10.6 Å². The van der Waals surface area contributed by atoms with Gasteiger partial charge in [0.15, 0.2) is 0 Å². The third-order valence-electron chi connectivity index (χ3n) is 2.32. The molecule has 0 unspecified atom stereocenters. The number of nitrogens with one attached hydrogen (secondary N) is 2. The Morgan fingerprint density at radius 3 is 2.35 bits per heavy atom. The molecule has 17 heavy (non-hydrogen) atoms. The van der Waals surface area contributed by atoms with E-state index in [0.29, 0.717) is 0 Å². The van der Waals surface area contributed by atoms with E-state index in [9.17, 15) is 9.59 Å². The lowest BCUT2D eigenvalue weighted by Gasteiger charge is -2.11. The first-order chi connectivity index (χ1) is 8.04. The molecule has 0 aliphatic heterocycles. The standard InChI is InChI=1S/C12H16N2O3/c1-8-5-4-6-9(2)11(8)14-10(15)7-13-12(16)17-3/h4-6H,7H2,1-3H3,(H,13,16)(H,14,15). The van der Waals surface area contributed by atoms with Crippen molar-refractivity contribution in [3.8, 4) is 0 Å². The molecule has 2 amide bonds. The van der Waals surface area contributed by atoms with E-state index in [2.05, 4.69) is 15.4 Å². The van der Waals surface area contributed by atoms with Crippen LogP contribution in [-0.4, -0.2) is 25.7 Å². The van der Waals surface area contributed by atoms with Gasteiger partial charge in [-0.1, -0.05) is 18.2 Å². The van der Waals surface area contributed by atoms with Crippen LogP contribution >= 0.6 is 0 Å². The summed E-state index contributed by atoms with van der Waals surface area (Å²) in [4.78, 5) is 22.3. The summed E-state index contributed by atoms with van der Waals surface area (Å²) in [5, 5.41) is 5.07. The molecule has 2 N–H and O–H groups in total. The van der Waals surface area contributed by atoms with E-state index in [1.807, 2.05) is 32.0 Å². The largest absolute Gasteiger partial charge is 0.453 e. The first-order valence-corrected chi connectivity index (χ1v) is 5.22. The lowest BCUT2D eigenvalue weighted by molar-refractivity contribution is -0.115. The molecule has 0 aliphatic rings. The number of rotatable bonds is 3. The van der Waals surface area contributed by atoms with Crippen molar-refractivity contribution in [2.24, 2.45) is 0 Å². The SMILES string of the molecule is COC(=O)NCC(=O)Nc1c(C)cccc1C. The fourth-order valence-electron chi connectivity index (χ4n) is 1.42. The number of hydrogen-bond acceptors (Lipinski definition) is 3. The highest BCUT2D eigenvalue weighted by atomic mass is 16.5. The molecule has 5 nitrogen and oxygen atoms in total. The van der Waals surface area contributed by atoms with Crippen LogP contribution in [0.5, 0.6) is 0 Å². The normalized spacial score (nSPS) is 9.59. The average molecular weight is 236 g/mol. The van der Waals surface area contributed by atoms with Gasteiger partial charge in [0.25, 0.3) is 0 Å². The zero-order valence-corrected chi connectivity index (χ0v) is 10.2. The van der Waals surface area contributed by atoms with Gasteiger partial charge in [0.2, 0.25) is 5.91 Å². The topological polar surface area (TPSA) is 67.4 Å². The Morgan fingerprint density at radius 1 is 1.24 bits per heavy atom. The summed E-state index contributed by atoms with van der Waals surface area (Å²) in [7, 11) is 1.25. The van der Waals surface area contributed by atoms with Gasteiger partial charge < -0.3 is 15.4 Å². The van der Waals surface area contributed by atoms with Crippen LogP contribution in [0.4, 0.5) is 10.5 Å². The van der Waals surface area contributed by atoms with Crippen molar-refractivity contribution < 1.29 is 14.3 Å². The fourth-order valence-corrected chi connectivity index (χ4v) is 1.42. The molecular formula is C12H16N2O3. The zero-order chi connectivity index (χ0) is 12.8. The van der Waals surface area contributed by atoms with Crippen molar-refractivity contribution in [2.45, 2.75) is 13.8 Å². The van der Waals surface area contributed by atoms with E-state index in [-0.39, 0.29) is 12.5 Å². The van der Waals surface area contributed by atoms with Gasteiger partial charge in [-0.2, -0.15) is 0 Å². The third kappa shape index (κ3) is 3.79. The smallest absolute Gasteiger partial charge is 0.407 e. The van der Waals surface area contributed by atoms with E-state index in [4.69, 9.17) is 0 Å². The minimum absolute atomic E-state index is 0.111. The molecule has 5 heteroatoms. The molecule has 0 aliphatic carbocycles. The monoisotopic (exact) mass is 236 g/mol. The number of amides is 2. The summed E-state index contributed by atoms with van der Waals surface area (Å²) < 4.78 is 4.37. The summed E-state index contributed by atoms with van der Waals surface area (Å²) in [5.74, 6) is -0.284. The number of carbonyl (C=O) groups is 2. The number of alkyl carbamates (subject to hydrolysis) is 1. The minimum Gasteiger partial charge on any atom is -0.453 e. The lowest BCUT2D eigenvalue weighted by Crippen LogP contribution is -2.32. The summed E-state index contributed by atoms with van der Waals surface area (Å²) in [5.41, 5.74) is 2.75. The van der Waals surface area contributed by atoms with Crippen LogP contribution in [0.15, 0.2) is 18.2 Å². The predicted molar refractivity (Wildman–Crippen MR) is 65.0 cm³/mol. The van der Waals surface area contributed by atoms with Gasteiger partial charge >= 0.3 is 6.09 Å². The van der Waals surface area contributed by atoms with Crippen LogP contribution in [-0.2, 0) is 9.53 Å². The molecule has 92 valence electrons. The second-order valence-corrected chi connectivity index (χ2v) is 3.66. The van der Waals surface area contributed by atoms with Gasteiger partial charge in [0.1, 0.15) is 6.54 Å². The van der Waals surface area contributed by atoms with Gasteiger partial charge in [0, 0.05) is 5.69 Å². The highest BCUT2D eigenvalue weighted by molar-refractivity contribution is 5.95. The number of anilines is 1. The molecule has 0 radical (unpaired) electrons. The highest BCUT2D eigenvalue weighted by Crippen LogP contribution is 2.18. The summed E-state index contributed by atoms with van der Waals surface area (Å²) in [6.07, 6.45) is -0.623. The summed E-state index contributed by atoms with van der Waals surface area (Å²) in [6, 6.07) is 5.75. The van der Waals surface area contributed by atoms with Gasteiger partial charge in [-0.15, -0.1) is 0 Å². The van der Waals surface area contributed by atoms with Crippen molar-refractivity contribution in [3.05, 3.63) is 29.3 Å². The summed E-state index contributed by atoms with van der Waals surface area (Å²) >= 11 is 0. The Hall–Kier alpha value is -2.04. The number of benzene rings is 1. The third-order valence-corrected chi connectivity index (χ3v) is 2.32. The first-order valence-electron chi connectivity index (χ1n) is 5.22. The molecule has 1 aromatic carbocycles. The van der Waals surface area contributed by atoms with Crippen LogP contribution in [0.1, 0.15) is 11.1 Å². The Morgan fingerprint density at radius 2 is 1.82 bits per heavy atom. The van der Waals surface area contributed by atoms with Crippen LogP contribution in [0.3, 0.4) is 0 Å². The van der Waals surface area contributed by atoms with Crippen LogP contribution in [0.2, 0.25) is 0 Å². The number of carbonyl (C=O) groups excluding carboxylic acids is 2. The zero-order valence-electron chi connectivity index (χ0n) is 10.2. The van der Waals surface area contributed by atoms with E-state index < -0.39 is 6.09 Å². The number of aryl methyl sites for hydroxylation is 2. The Labute approximate surface area is 100 Å². The second kappa shape index (κ2) is 5.89. The molecular weight excluding hydrogens is 220 g/mol. The van der Waals surface area contributed by atoms with Gasteiger partial charge in [0.05, 0.1) is 7.11 Å². The Balaban J connectivity index is 2.59. The second-order valence-electron chi connectivity index (χ2n) is 3.66. The molecule has 1 rings (SSSR count). The van der Waals surface area contributed by atoms with Crippen molar-refractivity contribution in [1.29, 1.82) is 0 Å². The number of para-hydroxylation sites is 1. The molecule has 0 aromatic heterocycles. The van der Waals surface area contributed by atoms with E-state index in [0.717, 1.165) is 16.8 Å². The number of hydrogen-bond donors (Lipinski definition) is 2. The average Bonchev–Trinajstić information content (AvgIpc) is 2.31. The lowest BCUT2D eigenvalue weighted by atomic mass is 10.1. The first kappa shape index (κ1) is 13.0. The molecule has 0 spiro atoms. The molecule has 0 saturated heterocycles. The molecule has 0 fully saturated rings. The van der Waals surface area contributed by atoms with Crippen LogP contribution in [0, 0.1) is 13.8 Å². The quantitative estimate of drug-likeness (QED) is 0.837. The van der Waals surface area contributed by atoms with Crippen molar-refractivity contribution in [1.82, 2.24) is 5.32 Å². The fraction of sp³-hybridized carbons (Fsp3) is 0.333. The molecule has 0 atom stereocenters. The van der Waals surface area contributed by atoms with E-state index in [1.165, 1.54) is 7.11 Å². The molecule has 1 aromatic rings. The predicted octanol–water partition coefficient (Wildman–Crippen LogP) is 1.60. The van der Waals surface area contributed by atoms with Gasteiger partial charge in [-0.25, -0.2) is 4.79 Å². The van der Waals surface area contributed by atoms with E-state index >= 15 is 0 Å². The maximum absolute atomic E-state index is 11.6. The van der Waals surface area contributed by atoms with Crippen molar-refractivity contribution >= 4 is 17.7 Å². The minimum atomic E-state index is -0.623. The number of methoxy groups -OCH3 is 1. The van der Waals surface area contributed by atoms with E-state index in [1.54, 1.807) is 0 Å². The number of ether oxygens (including phenoxy) is 1. The van der Waals surface area contributed by atoms with Crippen molar-refractivity contribution in [3.63, 3.8) is 0 Å². The summed E-state index contributed by atoms with van der Waals surface area (Å²) in [6.45, 7) is 3.72. The maximum atomic E-state index is 11.6. The maximum Gasteiger partial charge on any atom is 0.407 e. The Kier molecular flexibility index (Phi) is 4.51. The molecule has 0 bridgehead atoms. The molecule has 0 saturated carbocycles.